The van der Waals surface area contributed by atoms with Gasteiger partial charge in [-0.15, -0.1) is 0 Å². The lowest BCUT2D eigenvalue weighted by Gasteiger charge is -2.28. The maximum Gasteiger partial charge on any atom is 0.261 e. The van der Waals surface area contributed by atoms with Gasteiger partial charge in [0.2, 0.25) is 0 Å². The number of amides is 1. The van der Waals surface area contributed by atoms with Crippen LogP contribution in [0.1, 0.15) is 37.6 Å². The van der Waals surface area contributed by atoms with Crippen LogP contribution in [0.2, 0.25) is 0 Å². The molecule has 1 aromatic carbocycles. The van der Waals surface area contributed by atoms with E-state index in [2.05, 4.69) is 41.6 Å². The van der Waals surface area contributed by atoms with E-state index >= 15 is 0 Å². The van der Waals surface area contributed by atoms with Crippen LogP contribution in [0.25, 0.3) is 0 Å². The molecule has 5 heteroatoms. The third-order valence-corrected chi connectivity index (χ3v) is 5.07. The van der Waals surface area contributed by atoms with Gasteiger partial charge < -0.3 is 14.7 Å². The molecule has 26 heavy (non-hydrogen) atoms. The minimum Gasteiger partial charge on any atom is -0.324 e. The average Bonchev–Trinajstić information content (AvgIpc) is 2.74. The molecule has 0 bridgehead atoms. The third kappa shape index (κ3) is 3.44. The second-order valence-electron chi connectivity index (χ2n) is 6.95. The Bertz CT molecular complexity index is 774. The molecule has 0 spiro atoms. The summed E-state index contributed by atoms with van der Waals surface area (Å²) in [4.78, 5) is 23.9. The minimum atomic E-state index is -0.0135. The van der Waals surface area contributed by atoms with E-state index in [4.69, 9.17) is 0 Å². The summed E-state index contributed by atoms with van der Waals surface area (Å²) in [6, 6.07) is 12.3. The van der Waals surface area contributed by atoms with Gasteiger partial charge in [-0.2, -0.15) is 0 Å². The molecule has 0 radical (unpaired) electrons. The highest BCUT2D eigenvalue weighted by molar-refractivity contribution is 6.12. The number of para-hydroxylation sites is 2. The Morgan fingerprint density at radius 2 is 1.85 bits per heavy atom. The first kappa shape index (κ1) is 18.4. The quantitative estimate of drug-likeness (QED) is 0.790. The Kier molecular flexibility index (Phi) is 5.57. The van der Waals surface area contributed by atoms with Crippen LogP contribution in [0.4, 0.5) is 17.2 Å². The fraction of sp³-hybridized carbons (Fsp3) is 0.429. The molecule has 0 atom stereocenters. The number of fused-ring (bicyclic) bond motifs is 2. The van der Waals surface area contributed by atoms with Crippen molar-refractivity contribution >= 4 is 23.1 Å². The maximum atomic E-state index is 12.9. The Labute approximate surface area is 156 Å². The zero-order valence-corrected chi connectivity index (χ0v) is 16.1. The van der Waals surface area contributed by atoms with Gasteiger partial charge in [-0.25, -0.2) is 4.98 Å². The molecule has 2 aromatic rings. The second-order valence-corrected chi connectivity index (χ2v) is 6.95. The Morgan fingerprint density at radius 1 is 1.12 bits per heavy atom. The topological polar surface area (TPSA) is 39.7 Å². The summed E-state index contributed by atoms with van der Waals surface area (Å²) in [7, 11) is 1.83. The van der Waals surface area contributed by atoms with Gasteiger partial charge in [0.05, 0.1) is 16.9 Å². The van der Waals surface area contributed by atoms with Crippen LogP contribution in [-0.2, 0) is 0 Å². The van der Waals surface area contributed by atoms with Gasteiger partial charge in [-0.1, -0.05) is 19.1 Å². The predicted molar refractivity (Wildman–Crippen MR) is 107 cm³/mol. The number of aromatic nitrogens is 1. The van der Waals surface area contributed by atoms with E-state index in [0.717, 1.165) is 43.2 Å². The third-order valence-electron chi connectivity index (χ3n) is 5.07. The molecule has 138 valence electrons. The molecule has 1 aromatic heterocycles. The molecule has 0 saturated carbocycles. The Morgan fingerprint density at radius 3 is 2.54 bits per heavy atom. The summed E-state index contributed by atoms with van der Waals surface area (Å²) in [5.74, 6) is 0.738. The van der Waals surface area contributed by atoms with E-state index < -0.39 is 0 Å². The van der Waals surface area contributed by atoms with Gasteiger partial charge in [0, 0.05) is 32.4 Å². The zero-order valence-electron chi connectivity index (χ0n) is 16.1. The van der Waals surface area contributed by atoms with Crippen molar-refractivity contribution < 1.29 is 4.79 Å². The van der Waals surface area contributed by atoms with Gasteiger partial charge in [0.15, 0.2) is 0 Å². The minimum absolute atomic E-state index is 0.0135. The lowest BCUT2D eigenvalue weighted by atomic mass is 10.2. The first-order valence-electron chi connectivity index (χ1n) is 9.38. The smallest absolute Gasteiger partial charge is 0.261 e. The van der Waals surface area contributed by atoms with Crippen molar-refractivity contribution in [2.75, 3.05) is 36.5 Å². The van der Waals surface area contributed by atoms with Crippen LogP contribution in [0, 0.1) is 0 Å². The fourth-order valence-electron chi connectivity index (χ4n) is 3.60. The van der Waals surface area contributed by atoms with Crippen molar-refractivity contribution in [2.45, 2.75) is 33.2 Å². The van der Waals surface area contributed by atoms with Gasteiger partial charge in [-0.05, 0) is 51.1 Å². The van der Waals surface area contributed by atoms with Crippen LogP contribution in [0.3, 0.4) is 0 Å². The number of nitrogens with zero attached hydrogens (tertiary/aromatic N) is 4. The van der Waals surface area contributed by atoms with Crippen LogP contribution in [0.5, 0.6) is 0 Å². The van der Waals surface area contributed by atoms with Crippen molar-refractivity contribution in [3.8, 4) is 0 Å². The van der Waals surface area contributed by atoms with Crippen LogP contribution in [-0.4, -0.2) is 48.5 Å². The number of pyridine rings is 1. The molecule has 0 N–H and O–H groups in total. The van der Waals surface area contributed by atoms with Gasteiger partial charge in [0.1, 0.15) is 5.82 Å². The standard InChI is InChI=1S/C21H28N4O/c1-5-24(16(2)3)14-9-15-25-19-12-7-6-11-18(19)23(4)21(26)17-10-8-13-22-20(17)25/h6-8,10-13,16H,5,9,14-15H2,1-4H3. The number of anilines is 3. The van der Waals surface area contributed by atoms with E-state index in [1.54, 1.807) is 11.1 Å². The summed E-state index contributed by atoms with van der Waals surface area (Å²) < 4.78 is 0. The van der Waals surface area contributed by atoms with E-state index in [1.165, 1.54) is 0 Å². The highest BCUT2D eigenvalue weighted by atomic mass is 16.2. The van der Waals surface area contributed by atoms with Crippen molar-refractivity contribution in [2.24, 2.45) is 0 Å². The lowest BCUT2D eigenvalue weighted by molar-refractivity contribution is 0.0994. The molecule has 2 heterocycles. The Balaban J connectivity index is 1.94. The molecule has 1 amide bonds. The lowest BCUT2D eigenvalue weighted by Crippen LogP contribution is -2.33. The van der Waals surface area contributed by atoms with Crippen LogP contribution in [0.15, 0.2) is 42.6 Å². The van der Waals surface area contributed by atoms with Crippen molar-refractivity contribution in [3.05, 3.63) is 48.2 Å². The highest BCUT2D eigenvalue weighted by Crippen LogP contribution is 2.38. The van der Waals surface area contributed by atoms with Gasteiger partial charge in [0.25, 0.3) is 5.91 Å². The summed E-state index contributed by atoms with van der Waals surface area (Å²) in [6.07, 6.45) is 2.77. The second kappa shape index (κ2) is 7.87. The molecule has 0 unspecified atom stereocenters. The molecule has 1 aliphatic rings. The average molecular weight is 352 g/mol. The molecule has 0 aliphatic carbocycles. The first-order valence-corrected chi connectivity index (χ1v) is 9.38. The zero-order chi connectivity index (χ0) is 18.7. The number of hydrogen-bond acceptors (Lipinski definition) is 4. The fourth-order valence-corrected chi connectivity index (χ4v) is 3.60. The number of rotatable bonds is 6. The van der Waals surface area contributed by atoms with Crippen molar-refractivity contribution in [1.29, 1.82) is 0 Å². The molecule has 3 rings (SSSR count). The summed E-state index contributed by atoms with van der Waals surface area (Å²) in [6.45, 7) is 9.56. The normalized spacial score (nSPS) is 13.8. The molecular weight excluding hydrogens is 324 g/mol. The van der Waals surface area contributed by atoms with E-state index in [9.17, 15) is 4.79 Å². The molecule has 0 saturated heterocycles. The summed E-state index contributed by atoms with van der Waals surface area (Å²) >= 11 is 0. The monoisotopic (exact) mass is 352 g/mol. The van der Waals surface area contributed by atoms with E-state index in [-0.39, 0.29) is 5.91 Å². The number of carbonyl (C=O) groups is 1. The molecule has 5 nitrogen and oxygen atoms in total. The van der Waals surface area contributed by atoms with Crippen molar-refractivity contribution in [1.82, 2.24) is 9.88 Å². The van der Waals surface area contributed by atoms with E-state index in [1.807, 2.05) is 37.4 Å². The first-order chi connectivity index (χ1) is 12.5. The van der Waals surface area contributed by atoms with Crippen LogP contribution < -0.4 is 9.80 Å². The molecular formula is C21H28N4O. The number of benzene rings is 1. The molecule has 1 aliphatic heterocycles. The number of hydrogen-bond donors (Lipinski definition) is 0. The maximum absolute atomic E-state index is 12.9. The van der Waals surface area contributed by atoms with E-state index in [0.29, 0.717) is 11.6 Å². The Hall–Kier alpha value is -2.40. The summed E-state index contributed by atoms with van der Waals surface area (Å²) in [5.41, 5.74) is 2.61. The van der Waals surface area contributed by atoms with Gasteiger partial charge >= 0.3 is 0 Å². The SMILES string of the molecule is CCN(CCCN1c2ccccc2N(C)C(=O)c2cccnc21)C(C)C. The van der Waals surface area contributed by atoms with Gasteiger partial charge in [-0.3, -0.25) is 4.79 Å². The van der Waals surface area contributed by atoms with Crippen LogP contribution >= 0.6 is 0 Å². The largest absolute Gasteiger partial charge is 0.324 e. The number of carbonyl (C=O) groups excluding carboxylic acids is 1. The highest BCUT2D eigenvalue weighted by Gasteiger charge is 2.29. The summed E-state index contributed by atoms with van der Waals surface area (Å²) in [5, 5.41) is 0. The molecule has 0 fully saturated rings. The van der Waals surface area contributed by atoms with Crippen molar-refractivity contribution in [3.63, 3.8) is 0 Å². The predicted octanol–water partition coefficient (Wildman–Crippen LogP) is 3.93.